The van der Waals surface area contributed by atoms with Gasteiger partial charge in [0.15, 0.2) is 0 Å². The number of methoxy groups -OCH3 is 2. The van der Waals surface area contributed by atoms with E-state index in [0.29, 0.717) is 18.0 Å². The lowest BCUT2D eigenvalue weighted by molar-refractivity contribution is -0.120. The summed E-state index contributed by atoms with van der Waals surface area (Å²) in [5.74, 6) is 1.31. The fraction of sp³-hybridized carbons (Fsp3) is 0.438. The molecular formula is C16H23ClN2O3. The average Bonchev–Trinajstić information content (AvgIpc) is 2.54. The zero-order chi connectivity index (χ0) is 15.1. The predicted molar refractivity (Wildman–Crippen MR) is 89.1 cm³/mol. The van der Waals surface area contributed by atoms with Crippen LogP contribution in [0.2, 0.25) is 0 Å². The molecule has 1 aliphatic heterocycles. The van der Waals surface area contributed by atoms with Crippen LogP contribution in [0.3, 0.4) is 0 Å². The molecule has 122 valence electrons. The molecular weight excluding hydrogens is 304 g/mol. The van der Waals surface area contributed by atoms with Gasteiger partial charge in [-0.1, -0.05) is 17.7 Å². The molecule has 0 atom stereocenters. The molecule has 5 nitrogen and oxygen atoms in total. The van der Waals surface area contributed by atoms with Crippen molar-refractivity contribution in [1.82, 2.24) is 10.6 Å². The summed E-state index contributed by atoms with van der Waals surface area (Å²) in [7, 11) is 3.19. The Bertz CT molecular complexity index is 510. The van der Waals surface area contributed by atoms with Gasteiger partial charge in [-0.2, -0.15) is 0 Å². The highest BCUT2D eigenvalue weighted by Crippen LogP contribution is 2.28. The molecule has 1 heterocycles. The smallest absolute Gasteiger partial charge is 0.224 e. The molecule has 0 radical (unpaired) electrons. The van der Waals surface area contributed by atoms with Crippen LogP contribution in [-0.4, -0.2) is 39.8 Å². The molecule has 0 saturated heterocycles. The van der Waals surface area contributed by atoms with Gasteiger partial charge < -0.3 is 20.1 Å². The summed E-state index contributed by atoms with van der Waals surface area (Å²) >= 11 is 0. The first-order valence-corrected chi connectivity index (χ1v) is 7.09. The summed E-state index contributed by atoms with van der Waals surface area (Å²) < 4.78 is 10.6. The summed E-state index contributed by atoms with van der Waals surface area (Å²) in [6.07, 6.45) is 3.37. The summed E-state index contributed by atoms with van der Waals surface area (Å²) in [6.45, 7) is 2.46. The van der Waals surface area contributed by atoms with Gasteiger partial charge in [0.05, 0.1) is 20.6 Å². The van der Waals surface area contributed by atoms with E-state index in [1.807, 2.05) is 18.2 Å². The second-order valence-corrected chi connectivity index (χ2v) is 4.91. The van der Waals surface area contributed by atoms with Crippen molar-refractivity contribution in [2.45, 2.75) is 12.8 Å². The molecule has 1 amide bonds. The molecule has 1 aliphatic rings. The van der Waals surface area contributed by atoms with E-state index in [9.17, 15) is 4.79 Å². The number of amides is 1. The van der Waals surface area contributed by atoms with Crippen LogP contribution in [0.1, 0.15) is 12.0 Å². The number of carbonyl (C=O) groups is 1. The Hall–Kier alpha value is -1.72. The normalized spacial score (nSPS) is 13.6. The molecule has 0 aliphatic carbocycles. The van der Waals surface area contributed by atoms with Crippen LogP contribution in [0.5, 0.6) is 11.5 Å². The van der Waals surface area contributed by atoms with Crippen molar-refractivity contribution in [3.05, 3.63) is 35.4 Å². The van der Waals surface area contributed by atoms with E-state index in [4.69, 9.17) is 9.47 Å². The van der Waals surface area contributed by atoms with Crippen LogP contribution < -0.4 is 20.1 Å². The fourth-order valence-electron chi connectivity index (χ4n) is 2.37. The average molecular weight is 327 g/mol. The van der Waals surface area contributed by atoms with Crippen molar-refractivity contribution < 1.29 is 14.3 Å². The lowest BCUT2D eigenvalue weighted by atomic mass is 10.1. The number of rotatable bonds is 6. The van der Waals surface area contributed by atoms with Crippen LogP contribution in [0.15, 0.2) is 29.8 Å². The highest BCUT2D eigenvalue weighted by atomic mass is 35.5. The molecule has 1 aromatic rings. The van der Waals surface area contributed by atoms with Gasteiger partial charge in [-0.3, -0.25) is 4.79 Å². The third kappa shape index (κ3) is 4.93. The van der Waals surface area contributed by atoms with Crippen molar-refractivity contribution in [3.63, 3.8) is 0 Å². The Morgan fingerprint density at radius 3 is 2.50 bits per heavy atom. The zero-order valence-corrected chi connectivity index (χ0v) is 13.8. The number of hydrogen-bond donors (Lipinski definition) is 2. The molecule has 1 aromatic carbocycles. The monoisotopic (exact) mass is 326 g/mol. The minimum Gasteiger partial charge on any atom is -0.496 e. The molecule has 0 bridgehead atoms. The zero-order valence-electron chi connectivity index (χ0n) is 13.0. The molecule has 0 saturated carbocycles. The molecule has 22 heavy (non-hydrogen) atoms. The molecule has 6 heteroatoms. The standard InChI is InChI=1S/C16H22N2O3.ClH/c1-20-14-4-3-5-15(21-2)13(14)10-16(19)18-11-12-6-8-17-9-7-12;/h3-6,17H,7-11H2,1-2H3,(H,18,19);1H. The van der Waals surface area contributed by atoms with E-state index >= 15 is 0 Å². The van der Waals surface area contributed by atoms with Gasteiger partial charge in [0, 0.05) is 18.7 Å². The van der Waals surface area contributed by atoms with E-state index in [1.165, 1.54) is 5.57 Å². The van der Waals surface area contributed by atoms with Gasteiger partial charge in [0.25, 0.3) is 0 Å². The van der Waals surface area contributed by atoms with Crippen molar-refractivity contribution in [1.29, 1.82) is 0 Å². The van der Waals surface area contributed by atoms with Crippen LogP contribution in [-0.2, 0) is 11.2 Å². The van der Waals surface area contributed by atoms with Gasteiger partial charge in [-0.25, -0.2) is 0 Å². The Balaban J connectivity index is 0.00000242. The number of hydrogen-bond acceptors (Lipinski definition) is 4. The largest absolute Gasteiger partial charge is 0.496 e. The van der Waals surface area contributed by atoms with Crippen molar-refractivity contribution in [2.24, 2.45) is 0 Å². The SMILES string of the molecule is COc1cccc(OC)c1CC(=O)NCC1=CCNCC1.Cl. The second kappa shape index (κ2) is 9.33. The topological polar surface area (TPSA) is 59.6 Å². The van der Waals surface area contributed by atoms with Gasteiger partial charge in [0.2, 0.25) is 5.91 Å². The van der Waals surface area contributed by atoms with E-state index < -0.39 is 0 Å². The van der Waals surface area contributed by atoms with Crippen LogP contribution in [0.4, 0.5) is 0 Å². The predicted octanol–water partition coefficient (Wildman–Crippen LogP) is 1.70. The van der Waals surface area contributed by atoms with Gasteiger partial charge in [0.1, 0.15) is 11.5 Å². The molecule has 0 spiro atoms. The van der Waals surface area contributed by atoms with E-state index in [1.54, 1.807) is 14.2 Å². The Morgan fingerprint density at radius 1 is 1.27 bits per heavy atom. The van der Waals surface area contributed by atoms with Crippen LogP contribution in [0, 0.1) is 0 Å². The highest BCUT2D eigenvalue weighted by Gasteiger charge is 2.14. The summed E-state index contributed by atoms with van der Waals surface area (Å²) in [6, 6.07) is 5.51. The van der Waals surface area contributed by atoms with Crippen LogP contribution in [0.25, 0.3) is 0 Å². The molecule has 0 aromatic heterocycles. The lowest BCUT2D eigenvalue weighted by Gasteiger charge is -2.16. The molecule has 2 rings (SSSR count). The van der Waals surface area contributed by atoms with Gasteiger partial charge >= 0.3 is 0 Å². The third-order valence-corrected chi connectivity index (χ3v) is 3.54. The van der Waals surface area contributed by atoms with Crippen molar-refractivity contribution in [3.8, 4) is 11.5 Å². The van der Waals surface area contributed by atoms with E-state index in [-0.39, 0.29) is 24.7 Å². The minimum atomic E-state index is -0.0303. The molecule has 0 unspecified atom stereocenters. The van der Waals surface area contributed by atoms with E-state index in [0.717, 1.165) is 25.1 Å². The first kappa shape index (κ1) is 18.3. The first-order valence-electron chi connectivity index (χ1n) is 7.09. The van der Waals surface area contributed by atoms with Crippen LogP contribution >= 0.6 is 12.4 Å². The molecule has 0 fully saturated rings. The number of carbonyl (C=O) groups excluding carboxylic acids is 1. The number of ether oxygens (including phenoxy) is 2. The van der Waals surface area contributed by atoms with Gasteiger partial charge in [-0.15, -0.1) is 12.4 Å². The minimum absolute atomic E-state index is 0. The maximum absolute atomic E-state index is 12.1. The maximum atomic E-state index is 12.1. The van der Waals surface area contributed by atoms with Gasteiger partial charge in [-0.05, 0) is 25.1 Å². The Labute approximate surface area is 137 Å². The Kier molecular flexibility index (Phi) is 7.77. The number of benzene rings is 1. The Morgan fingerprint density at radius 2 is 1.95 bits per heavy atom. The quantitative estimate of drug-likeness (QED) is 0.781. The first-order chi connectivity index (χ1) is 10.2. The van der Waals surface area contributed by atoms with Crippen molar-refractivity contribution >= 4 is 18.3 Å². The van der Waals surface area contributed by atoms with Crippen molar-refractivity contribution in [2.75, 3.05) is 33.9 Å². The van der Waals surface area contributed by atoms with E-state index in [2.05, 4.69) is 16.7 Å². The lowest BCUT2D eigenvalue weighted by Crippen LogP contribution is -2.30. The summed E-state index contributed by atoms with van der Waals surface area (Å²) in [5, 5.41) is 6.21. The summed E-state index contributed by atoms with van der Waals surface area (Å²) in [4.78, 5) is 12.1. The fourth-order valence-corrected chi connectivity index (χ4v) is 2.37. The number of halogens is 1. The highest BCUT2D eigenvalue weighted by molar-refractivity contribution is 5.85. The molecule has 2 N–H and O–H groups in total. The third-order valence-electron chi connectivity index (χ3n) is 3.54. The maximum Gasteiger partial charge on any atom is 0.224 e. The number of nitrogens with one attached hydrogen (secondary N) is 2. The second-order valence-electron chi connectivity index (χ2n) is 4.91. The summed E-state index contributed by atoms with van der Waals surface area (Å²) in [5.41, 5.74) is 2.05.